The standard InChI is InChI=1S/C27H23IN5O2S/c34-25(31-27-29-12-14-36-27)24(23-22-9-6-13-32(22)17-30-23)33-16-18-10-11-20(15-21(18)26(33)35)28-19-7-4-2-1-3-5-8-19/h1-5,7-8,10-12,14-15,17,24H,6,9,13,16H2,(H,29,31,34)/q-1/b2-1-,3-1?,4-2?,5-3-,7-4-,8-5?,19-7?,19-8+. The number of thiazole rings is 1. The topological polar surface area (TPSA) is 80.1 Å². The van der Waals surface area contributed by atoms with Gasteiger partial charge in [0.15, 0.2) is 0 Å². The summed E-state index contributed by atoms with van der Waals surface area (Å²) in [5, 5.41) is 5.23. The number of hydrogen-bond acceptors (Lipinski definition) is 5. The van der Waals surface area contributed by atoms with Crippen LogP contribution in [0.1, 0.15) is 39.8 Å². The van der Waals surface area contributed by atoms with Gasteiger partial charge in [0.05, 0.1) is 0 Å². The number of aryl methyl sites for hydroxylation is 1. The van der Waals surface area contributed by atoms with Crippen LogP contribution >= 0.6 is 11.3 Å². The molecule has 7 nitrogen and oxygen atoms in total. The summed E-state index contributed by atoms with van der Waals surface area (Å²) in [6.07, 6.45) is 19.7. The van der Waals surface area contributed by atoms with Crippen LogP contribution in [0.4, 0.5) is 5.13 Å². The van der Waals surface area contributed by atoms with E-state index in [0.29, 0.717) is 22.9 Å². The molecule has 0 saturated carbocycles. The maximum atomic E-state index is 13.7. The van der Waals surface area contributed by atoms with Crippen molar-refractivity contribution in [1.29, 1.82) is 0 Å². The van der Waals surface area contributed by atoms with Crippen LogP contribution in [-0.2, 0) is 24.3 Å². The molecule has 1 aromatic carbocycles. The first kappa shape index (κ1) is 23.1. The van der Waals surface area contributed by atoms with Crippen molar-refractivity contribution in [1.82, 2.24) is 19.4 Å². The average molecular weight is 608 g/mol. The third-order valence-electron chi connectivity index (χ3n) is 6.35. The van der Waals surface area contributed by atoms with Crippen LogP contribution < -0.4 is 26.5 Å². The summed E-state index contributed by atoms with van der Waals surface area (Å²) in [4.78, 5) is 37.8. The number of nitrogens with one attached hydrogen (secondary N) is 1. The van der Waals surface area contributed by atoms with Crippen molar-refractivity contribution in [3.05, 3.63) is 108 Å². The molecule has 9 heteroatoms. The summed E-state index contributed by atoms with van der Waals surface area (Å²) in [7, 11) is 0. The van der Waals surface area contributed by atoms with Gasteiger partial charge in [-0.25, -0.2) is 0 Å². The predicted octanol–water partition coefficient (Wildman–Crippen LogP) is 1.45. The Bertz CT molecular complexity index is 1450. The van der Waals surface area contributed by atoms with E-state index in [1.165, 1.54) is 18.5 Å². The molecule has 0 fully saturated rings. The monoisotopic (exact) mass is 608 g/mol. The SMILES string of the molecule is O=C(Nc1nccs1)C(c1ncn2c1CCC2)N1Cc2ccc([I-]C3=C/C=C\C=C/C=C\3)cc2C1=O. The maximum absolute atomic E-state index is 13.7. The zero-order chi connectivity index (χ0) is 24.5. The summed E-state index contributed by atoms with van der Waals surface area (Å²) in [6, 6.07) is 5.37. The molecule has 3 aliphatic rings. The molecule has 1 aliphatic carbocycles. The Morgan fingerprint density at radius 2 is 2.03 bits per heavy atom. The normalized spacial score (nSPS) is 21.2. The third kappa shape index (κ3) is 4.48. The van der Waals surface area contributed by atoms with Crippen LogP contribution in [0, 0.1) is 3.57 Å². The number of amides is 2. The van der Waals surface area contributed by atoms with Crippen LogP contribution in [0.25, 0.3) is 0 Å². The van der Waals surface area contributed by atoms with E-state index in [4.69, 9.17) is 0 Å². The number of carbonyl (C=O) groups is 2. The van der Waals surface area contributed by atoms with Gasteiger partial charge in [-0.15, -0.1) is 0 Å². The predicted molar refractivity (Wildman–Crippen MR) is 135 cm³/mol. The van der Waals surface area contributed by atoms with Crippen LogP contribution in [-0.4, -0.2) is 31.2 Å². The van der Waals surface area contributed by atoms with Crippen molar-refractivity contribution in [2.75, 3.05) is 5.32 Å². The Morgan fingerprint density at radius 1 is 1.14 bits per heavy atom. The second kappa shape index (κ2) is 9.98. The molecule has 0 radical (unpaired) electrons. The number of aromatic nitrogens is 3. The Hall–Kier alpha value is -3.31. The minimum absolute atomic E-state index is 0.125. The molecule has 1 unspecified atom stereocenters. The molecule has 1 atom stereocenters. The fourth-order valence-electron chi connectivity index (χ4n) is 4.70. The molecule has 0 spiro atoms. The van der Waals surface area contributed by atoms with Gasteiger partial charge in [0.1, 0.15) is 0 Å². The van der Waals surface area contributed by atoms with Gasteiger partial charge in [-0.1, -0.05) is 0 Å². The summed E-state index contributed by atoms with van der Waals surface area (Å²) in [5.41, 5.74) is 3.33. The van der Waals surface area contributed by atoms with Gasteiger partial charge in [-0.3, -0.25) is 0 Å². The summed E-state index contributed by atoms with van der Waals surface area (Å²) in [5.74, 6) is -0.406. The van der Waals surface area contributed by atoms with Gasteiger partial charge in [0.25, 0.3) is 0 Å². The first-order valence-corrected chi connectivity index (χ1v) is 14.8. The quantitative estimate of drug-likeness (QED) is 0.430. The number of imidazole rings is 1. The van der Waals surface area contributed by atoms with Crippen molar-refractivity contribution >= 4 is 28.3 Å². The van der Waals surface area contributed by atoms with E-state index in [1.807, 2.05) is 47.9 Å². The zero-order valence-electron chi connectivity index (χ0n) is 19.3. The molecule has 6 rings (SSSR count). The second-order valence-electron chi connectivity index (χ2n) is 8.61. The van der Waals surface area contributed by atoms with Gasteiger partial charge in [-0.2, -0.15) is 0 Å². The Balaban J connectivity index is 1.30. The molecule has 2 aliphatic heterocycles. The van der Waals surface area contributed by atoms with Crippen molar-refractivity contribution in [3.63, 3.8) is 0 Å². The number of allylic oxidation sites excluding steroid dienone is 8. The van der Waals surface area contributed by atoms with Gasteiger partial charge >= 0.3 is 224 Å². The summed E-state index contributed by atoms with van der Waals surface area (Å²) >= 11 is 0.907. The number of hydrogen-bond donors (Lipinski definition) is 1. The van der Waals surface area contributed by atoms with Crippen LogP contribution in [0.3, 0.4) is 0 Å². The van der Waals surface area contributed by atoms with E-state index in [-0.39, 0.29) is 11.8 Å². The van der Waals surface area contributed by atoms with Crippen LogP contribution in [0.5, 0.6) is 0 Å². The van der Waals surface area contributed by atoms with E-state index in [2.05, 4.69) is 38.1 Å². The first-order valence-electron chi connectivity index (χ1n) is 11.7. The molecule has 3 aromatic rings. The number of carbonyl (C=O) groups excluding carboxylic acids is 2. The Labute approximate surface area is 223 Å². The van der Waals surface area contributed by atoms with E-state index >= 15 is 0 Å². The summed E-state index contributed by atoms with van der Waals surface area (Å²) < 4.78 is 4.53. The molecule has 0 bridgehead atoms. The van der Waals surface area contributed by atoms with E-state index in [1.54, 1.807) is 17.4 Å². The van der Waals surface area contributed by atoms with Crippen LogP contribution in [0.15, 0.2) is 82.2 Å². The number of halogens is 1. The van der Waals surface area contributed by atoms with Crippen LogP contribution in [0.2, 0.25) is 0 Å². The number of rotatable bonds is 6. The number of anilines is 1. The third-order valence-corrected chi connectivity index (χ3v) is 9.67. The van der Waals surface area contributed by atoms with Gasteiger partial charge in [-0.05, 0) is 0 Å². The summed E-state index contributed by atoms with van der Waals surface area (Å²) in [6.45, 7) is 1.27. The van der Waals surface area contributed by atoms with Crippen molar-refractivity contribution in [2.24, 2.45) is 0 Å². The fourth-order valence-corrected chi connectivity index (χ4v) is 7.55. The molecule has 2 aromatic heterocycles. The van der Waals surface area contributed by atoms with E-state index in [0.717, 1.165) is 30.6 Å². The number of benzene rings is 1. The average Bonchev–Trinajstić information content (AvgIpc) is 3.64. The van der Waals surface area contributed by atoms with Gasteiger partial charge in [0.2, 0.25) is 0 Å². The molecule has 1 N–H and O–H groups in total. The van der Waals surface area contributed by atoms with E-state index < -0.39 is 27.2 Å². The minimum atomic E-state index is -0.811. The Kier molecular flexibility index (Phi) is 6.41. The number of nitrogens with zero attached hydrogens (tertiary/aromatic N) is 4. The molecule has 182 valence electrons. The first-order chi connectivity index (χ1) is 17.7. The van der Waals surface area contributed by atoms with Crippen molar-refractivity contribution in [2.45, 2.75) is 32.0 Å². The fraction of sp³-hybridized carbons (Fsp3) is 0.185. The molecule has 36 heavy (non-hydrogen) atoms. The molecular weight excluding hydrogens is 585 g/mol. The van der Waals surface area contributed by atoms with Crippen molar-refractivity contribution in [3.8, 4) is 0 Å². The molecule has 4 heterocycles. The van der Waals surface area contributed by atoms with E-state index in [9.17, 15) is 9.59 Å². The zero-order valence-corrected chi connectivity index (χ0v) is 22.3. The second-order valence-corrected chi connectivity index (χ2v) is 12.5. The van der Waals surface area contributed by atoms with Crippen molar-refractivity contribution < 1.29 is 30.8 Å². The van der Waals surface area contributed by atoms with Gasteiger partial charge in [0, 0.05) is 0 Å². The molecular formula is C27H23IN5O2S-. The Morgan fingerprint density at radius 3 is 2.92 bits per heavy atom. The number of fused-ring (bicyclic) bond motifs is 2. The van der Waals surface area contributed by atoms with Gasteiger partial charge < -0.3 is 0 Å². The molecule has 2 amide bonds. The molecule has 0 saturated heterocycles.